The zero-order chi connectivity index (χ0) is 21.8. The zero-order valence-corrected chi connectivity index (χ0v) is 19.1. The number of aryl methyl sites for hydroxylation is 2. The number of aromatic nitrogens is 2. The average molecular weight is 422 g/mol. The van der Waals surface area contributed by atoms with Gasteiger partial charge in [0, 0.05) is 37.8 Å². The summed E-state index contributed by atoms with van der Waals surface area (Å²) in [6.45, 7) is 2.78. The molecule has 0 unspecified atom stereocenters. The van der Waals surface area contributed by atoms with Crippen molar-refractivity contribution in [1.82, 2.24) is 15.3 Å². The highest BCUT2D eigenvalue weighted by molar-refractivity contribution is 5.94. The second-order valence-electron chi connectivity index (χ2n) is 9.34. The van der Waals surface area contributed by atoms with Crippen molar-refractivity contribution >= 4 is 17.7 Å². The molecule has 6 heteroatoms. The number of benzene rings is 1. The first kappa shape index (κ1) is 21.6. The number of fused-ring (bicyclic) bond motifs is 1. The molecule has 1 aromatic carbocycles. The van der Waals surface area contributed by atoms with E-state index in [0.717, 1.165) is 62.4 Å². The zero-order valence-electron chi connectivity index (χ0n) is 19.1. The third-order valence-corrected chi connectivity index (χ3v) is 6.63. The molecule has 6 nitrogen and oxygen atoms in total. The van der Waals surface area contributed by atoms with Crippen LogP contribution >= 0.6 is 0 Å². The van der Waals surface area contributed by atoms with Gasteiger partial charge in [-0.25, -0.2) is 4.98 Å². The van der Waals surface area contributed by atoms with Crippen LogP contribution in [0.2, 0.25) is 0 Å². The quantitative estimate of drug-likeness (QED) is 0.734. The Morgan fingerprint density at radius 2 is 1.74 bits per heavy atom. The number of nitrogens with one attached hydrogen (secondary N) is 2. The van der Waals surface area contributed by atoms with Crippen LogP contribution in [-0.4, -0.2) is 42.6 Å². The van der Waals surface area contributed by atoms with E-state index >= 15 is 0 Å². The van der Waals surface area contributed by atoms with Crippen LogP contribution in [-0.2, 0) is 12.8 Å². The van der Waals surface area contributed by atoms with Gasteiger partial charge in [0.2, 0.25) is 5.95 Å². The number of amides is 1. The molecule has 2 aromatic rings. The maximum atomic E-state index is 12.4. The van der Waals surface area contributed by atoms with Crippen molar-refractivity contribution in [3.05, 3.63) is 46.6 Å². The molecule has 1 aromatic heterocycles. The Hall–Kier alpha value is -2.63. The molecule has 1 heterocycles. The Bertz CT molecular complexity index is 901. The van der Waals surface area contributed by atoms with Gasteiger partial charge in [-0.05, 0) is 76.3 Å². The molecule has 2 aliphatic rings. The molecule has 0 spiro atoms. The summed E-state index contributed by atoms with van der Waals surface area (Å²) in [6, 6.07) is 8.16. The molecule has 0 saturated heterocycles. The van der Waals surface area contributed by atoms with Crippen LogP contribution in [0.25, 0.3) is 0 Å². The monoisotopic (exact) mass is 421 g/mol. The highest BCUT2D eigenvalue weighted by atomic mass is 16.1. The minimum absolute atomic E-state index is 0.0268. The van der Waals surface area contributed by atoms with Gasteiger partial charge < -0.3 is 15.5 Å². The lowest BCUT2D eigenvalue weighted by atomic mass is 9.86. The maximum absolute atomic E-state index is 12.4. The van der Waals surface area contributed by atoms with Gasteiger partial charge in [0.15, 0.2) is 0 Å². The number of anilines is 2. The molecule has 1 fully saturated rings. The van der Waals surface area contributed by atoms with Crippen molar-refractivity contribution in [2.75, 3.05) is 30.9 Å². The molecule has 0 atom stereocenters. The number of hydrogen-bond acceptors (Lipinski definition) is 5. The average Bonchev–Trinajstić information content (AvgIpc) is 2.78. The topological polar surface area (TPSA) is 70.2 Å². The molecule has 4 rings (SSSR count). The Morgan fingerprint density at radius 1 is 1.03 bits per heavy atom. The summed E-state index contributed by atoms with van der Waals surface area (Å²) in [5.41, 5.74) is 4.46. The summed E-state index contributed by atoms with van der Waals surface area (Å²) < 4.78 is 0. The molecule has 2 aliphatic carbocycles. The molecule has 166 valence electrons. The predicted molar refractivity (Wildman–Crippen MR) is 126 cm³/mol. The minimum atomic E-state index is 0.0268. The highest BCUT2D eigenvalue weighted by Crippen LogP contribution is 2.30. The van der Waals surface area contributed by atoms with Crippen molar-refractivity contribution in [2.45, 2.75) is 64.3 Å². The van der Waals surface area contributed by atoms with Crippen LogP contribution in [0.3, 0.4) is 0 Å². The fraction of sp³-hybridized carbons (Fsp3) is 0.560. The van der Waals surface area contributed by atoms with Crippen molar-refractivity contribution in [1.29, 1.82) is 0 Å². The summed E-state index contributed by atoms with van der Waals surface area (Å²) in [5, 5.41) is 6.72. The van der Waals surface area contributed by atoms with E-state index in [2.05, 4.69) is 29.6 Å². The van der Waals surface area contributed by atoms with Crippen LogP contribution in [0.1, 0.15) is 65.7 Å². The van der Waals surface area contributed by atoms with Crippen molar-refractivity contribution in [3.8, 4) is 0 Å². The lowest BCUT2D eigenvalue weighted by molar-refractivity contribution is 0.0943. The van der Waals surface area contributed by atoms with E-state index < -0.39 is 0 Å². The SMILES string of the molecule is Cc1ccc(C(=O)NCC2CCC(Nc3nc4c(c(N(C)C)n3)CCCC4)CC2)cc1. The van der Waals surface area contributed by atoms with Gasteiger partial charge >= 0.3 is 0 Å². The van der Waals surface area contributed by atoms with E-state index in [1.807, 2.05) is 31.2 Å². The normalized spacial score (nSPS) is 20.6. The van der Waals surface area contributed by atoms with E-state index in [1.165, 1.54) is 29.7 Å². The number of nitrogens with zero attached hydrogens (tertiary/aromatic N) is 3. The lowest BCUT2D eigenvalue weighted by Crippen LogP contribution is -2.34. The first-order valence-electron chi connectivity index (χ1n) is 11.7. The summed E-state index contributed by atoms with van der Waals surface area (Å²) >= 11 is 0. The summed E-state index contributed by atoms with van der Waals surface area (Å²) in [5.74, 6) is 2.41. The van der Waals surface area contributed by atoms with Gasteiger partial charge in [-0.3, -0.25) is 4.79 Å². The van der Waals surface area contributed by atoms with Crippen LogP contribution < -0.4 is 15.5 Å². The first-order chi connectivity index (χ1) is 15.0. The standard InChI is InChI=1S/C25H35N5O/c1-17-8-12-19(13-9-17)24(31)26-16-18-10-14-20(15-11-18)27-25-28-22-7-5-4-6-21(22)23(29-25)30(2)3/h8-9,12-13,18,20H,4-7,10-11,14-16H2,1-3H3,(H,26,31)(H,27,28,29). The molecule has 0 aliphatic heterocycles. The lowest BCUT2D eigenvalue weighted by Gasteiger charge is -2.30. The van der Waals surface area contributed by atoms with Crippen LogP contribution in [0, 0.1) is 12.8 Å². The smallest absolute Gasteiger partial charge is 0.251 e. The van der Waals surface area contributed by atoms with Gasteiger partial charge in [0.05, 0.1) is 5.69 Å². The summed E-state index contributed by atoms with van der Waals surface area (Å²) in [6.07, 6.45) is 8.98. The molecule has 1 saturated carbocycles. The number of hydrogen-bond donors (Lipinski definition) is 2. The molecular weight excluding hydrogens is 386 g/mol. The fourth-order valence-electron chi connectivity index (χ4n) is 4.75. The predicted octanol–water partition coefficient (Wildman–Crippen LogP) is 4.13. The van der Waals surface area contributed by atoms with Gasteiger partial charge in [-0.15, -0.1) is 0 Å². The van der Waals surface area contributed by atoms with E-state index in [0.29, 0.717) is 12.0 Å². The number of carbonyl (C=O) groups excluding carboxylic acids is 1. The van der Waals surface area contributed by atoms with Crippen molar-refractivity contribution in [2.24, 2.45) is 5.92 Å². The molecular formula is C25H35N5O. The summed E-state index contributed by atoms with van der Waals surface area (Å²) in [7, 11) is 4.13. The Labute approximate surface area is 185 Å². The van der Waals surface area contributed by atoms with Crippen LogP contribution in [0.5, 0.6) is 0 Å². The first-order valence-corrected chi connectivity index (χ1v) is 11.7. The number of carbonyl (C=O) groups is 1. The largest absolute Gasteiger partial charge is 0.362 e. The molecule has 0 bridgehead atoms. The van der Waals surface area contributed by atoms with E-state index in [-0.39, 0.29) is 5.91 Å². The van der Waals surface area contributed by atoms with Gasteiger partial charge in [0.1, 0.15) is 5.82 Å². The third kappa shape index (κ3) is 5.35. The van der Waals surface area contributed by atoms with Gasteiger partial charge in [-0.1, -0.05) is 17.7 Å². The second kappa shape index (κ2) is 9.67. The Balaban J connectivity index is 1.29. The Kier molecular flexibility index (Phi) is 6.73. The molecule has 0 radical (unpaired) electrons. The van der Waals surface area contributed by atoms with Crippen molar-refractivity contribution < 1.29 is 4.79 Å². The van der Waals surface area contributed by atoms with E-state index in [1.54, 1.807) is 0 Å². The van der Waals surface area contributed by atoms with E-state index in [4.69, 9.17) is 9.97 Å². The minimum Gasteiger partial charge on any atom is -0.362 e. The van der Waals surface area contributed by atoms with E-state index in [9.17, 15) is 4.79 Å². The Morgan fingerprint density at radius 3 is 2.45 bits per heavy atom. The highest BCUT2D eigenvalue weighted by Gasteiger charge is 2.24. The van der Waals surface area contributed by atoms with Crippen LogP contribution in [0.4, 0.5) is 11.8 Å². The molecule has 1 amide bonds. The number of rotatable bonds is 6. The third-order valence-electron chi connectivity index (χ3n) is 6.63. The summed E-state index contributed by atoms with van der Waals surface area (Å²) in [4.78, 5) is 24.2. The van der Waals surface area contributed by atoms with Gasteiger partial charge in [-0.2, -0.15) is 4.98 Å². The molecule has 31 heavy (non-hydrogen) atoms. The van der Waals surface area contributed by atoms with Crippen LogP contribution in [0.15, 0.2) is 24.3 Å². The molecule has 2 N–H and O–H groups in total. The second-order valence-corrected chi connectivity index (χ2v) is 9.34. The fourth-order valence-corrected chi connectivity index (χ4v) is 4.75. The maximum Gasteiger partial charge on any atom is 0.251 e. The van der Waals surface area contributed by atoms with Crippen molar-refractivity contribution in [3.63, 3.8) is 0 Å². The van der Waals surface area contributed by atoms with Gasteiger partial charge in [0.25, 0.3) is 5.91 Å².